The summed E-state index contributed by atoms with van der Waals surface area (Å²) in [5.41, 5.74) is 9.49. The molecule has 2 N–H and O–H groups in total. The second kappa shape index (κ2) is 7.39. The van der Waals surface area contributed by atoms with E-state index in [4.69, 9.17) is 5.73 Å². The standard InChI is InChI=1S/C22H28N4O/c1-14-10-17(13-26(12-14)22(27)20(23)15-5-6-15)18-8-7-16(11-24-2)21-19(18)4-3-9-25-21/h3-4,7-9,11,14-15,17,20H,5-6,10,12-13,23H2,1-2H3/t14-,17-,20+/m1/s1. The lowest BCUT2D eigenvalue weighted by molar-refractivity contribution is -0.135. The van der Waals surface area contributed by atoms with E-state index >= 15 is 0 Å². The van der Waals surface area contributed by atoms with Gasteiger partial charge in [-0.05, 0) is 42.7 Å². The number of amides is 1. The van der Waals surface area contributed by atoms with E-state index in [9.17, 15) is 4.79 Å². The first-order chi connectivity index (χ1) is 13.1. The average molecular weight is 364 g/mol. The van der Waals surface area contributed by atoms with Gasteiger partial charge in [0.25, 0.3) is 0 Å². The van der Waals surface area contributed by atoms with Crippen LogP contribution in [-0.2, 0) is 4.79 Å². The number of aliphatic imine (C=N–C) groups is 1. The van der Waals surface area contributed by atoms with E-state index in [1.165, 1.54) is 5.56 Å². The molecule has 1 aliphatic heterocycles. The molecule has 1 saturated heterocycles. The van der Waals surface area contributed by atoms with Crippen molar-refractivity contribution in [3.8, 4) is 0 Å². The van der Waals surface area contributed by atoms with E-state index in [2.05, 4.69) is 35.1 Å². The number of benzene rings is 1. The zero-order valence-corrected chi connectivity index (χ0v) is 16.1. The van der Waals surface area contributed by atoms with Crippen LogP contribution >= 0.6 is 0 Å². The van der Waals surface area contributed by atoms with Gasteiger partial charge in [-0.2, -0.15) is 0 Å². The summed E-state index contributed by atoms with van der Waals surface area (Å²) in [6.45, 7) is 3.79. The molecule has 142 valence electrons. The van der Waals surface area contributed by atoms with E-state index < -0.39 is 0 Å². The van der Waals surface area contributed by atoms with Gasteiger partial charge in [0.2, 0.25) is 5.91 Å². The van der Waals surface area contributed by atoms with Crippen LogP contribution in [0.1, 0.15) is 43.2 Å². The second-order valence-corrected chi connectivity index (χ2v) is 8.18. The molecule has 1 aromatic carbocycles. The molecule has 27 heavy (non-hydrogen) atoms. The Bertz CT molecular complexity index is 874. The molecule has 1 aliphatic carbocycles. The minimum absolute atomic E-state index is 0.131. The van der Waals surface area contributed by atoms with E-state index in [0.717, 1.165) is 48.8 Å². The van der Waals surface area contributed by atoms with Gasteiger partial charge in [0, 0.05) is 49.4 Å². The monoisotopic (exact) mass is 364 g/mol. The topological polar surface area (TPSA) is 71.6 Å². The molecule has 2 fully saturated rings. The van der Waals surface area contributed by atoms with Crippen LogP contribution in [0.4, 0.5) is 0 Å². The van der Waals surface area contributed by atoms with Crippen molar-refractivity contribution < 1.29 is 4.79 Å². The van der Waals surface area contributed by atoms with E-state index in [-0.39, 0.29) is 11.9 Å². The highest BCUT2D eigenvalue weighted by Gasteiger charge is 2.38. The van der Waals surface area contributed by atoms with Gasteiger partial charge in [-0.15, -0.1) is 0 Å². The maximum Gasteiger partial charge on any atom is 0.239 e. The summed E-state index contributed by atoms with van der Waals surface area (Å²) in [6.07, 6.45) is 6.95. The fourth-order valence-corrected chi connectivity index (χ4v) is 4.44. The molecule has 3 atom stereocenters. The van der Waals surface area contributed by atoms with Crippen LogP contribution in [0.25, 0.3) is 10.9 Å². The van der Waals surface area contributed by atoms with Gasteiger partial charge in [0.1, 0.15) is 0 Å². The van der Waals surface area contributed by atoms with Gasteiger partial charge in [0.15, 0.2) is 0 Å². The largest absolute Gasteiger partial charge is 0.340 e. The number of fused-ring (bicyclic) bond motifs is 1. The first-order valence-corrected chi connectivity index (χ1v) is 9.92. The highest BCUT2D eigenvalue weighted by Crippen LogP contribution is 2.37. The number of carbonyl (C=O) groups is 1. The zero-order valence-electron chi connectivity index (χ0n) is 16.1. The lowest BCUT2D eigenvalue weighted by Crippen LogP contribution is -2.50. The van der Waals surface area contributed by atoms with Crippen molar-refractivity contribution in [2.45, 2.75) is 38.1 Å². The van der Waals surface area contributed by atoms with Crippen molar-refractivity contribution in [1.29, 1.82) is 0 Å². The van der Waals surface area contributed by atoms with Crippen LogP contribution in [0, 0.1) is 11.8 Å². The van der Waals surface area contributed by atoms with Crippen molar-refractivity contribution in [2.24, 2.45) is 22.6 Å². The first-order valence-electron chi connectivity index (χ1n) is 9.92. The number of piperidine rings is 1. The molecule has 5 heteroatoms. The number of likely N-dealkylation sites (tertiary alicyclic amines) is 1. The SMILES string of the molecule is CN=Cc1ccc([C@@H]2C[C@@H](C)CN(C(=O)[C@@H](N)C3CC3)C2)c2cccnc12. The number of hydrogen-bond donors (Lipinski definition) is 1. The molecular weight excluding hydrogens is 336 g/mol. The number of nitrogens with two attached hydrogens (primary N) is 1. The number of aromatic nitrogens is 1. The third kappa shape index (κ3) is 3.61. The molecule has 1 amide bonds. The Morgan fingerprint density at radius 2 is 2.15 bits per heavy atom. The Kier molecular flexibility index (Phi) is 4.96. The predicted molar refractivity (Wildman–Crippen MR) is 109 cm³/mol. The smallest absolute Gasteiger partial charge is 0.239 e. The summed E-state index contributed by atoms with van der Waals surface area (Å²) in [6, 6.07) is 8.08. The van der Waals surface area contributed by atoms with Crippen LogP contribution in [-0.4, -0.2) is 48.2 Å². The summed E-state index contributed by atoms with van der Waals surface area (Å²) >= 11 is 0. The number of rotatable bonds is 4. The van der Waals surface area contributed by atoms with E-state index in [1.54, 1.807) is 7.05 Å². The average Bonchev–Trinajstić information content (AvgIpc) is 3.52. The maximum absolute atomic E-state index is 12.9. The molecule has 1 aromatic heterocycles. The number of pyridine rings is 1. The van der Waals surface area contributed by atoms with Crippen molar-refractivity contribution in [3.63, 3.8) is 0 Å². The Morgan fingerprint density at radius 1 is 1.33 bits per heavy atom. The van der Waals surface area contributed by atoms with Gasteiger partial charge >= 0.3 is 0 Å². The molecule has 0 spiro atoms. The molecular formula is C22H28N4O. The van der Waals surface area contributed by atoms with E-state index in [1.807, 2.05) is 23.4 Å². The molecule has 0 radical (unpaired) electrons. The molecule has 0 unspecified atom stereocenters. The Hall–Kier alpha value is -2.27. The van der Waals surface area contributed by atoms with Crippen molar-refractivity contribution in [1.82, 2.24) is 9.88 Å². The maximum atomic E-state index is 12.9. The van der Waals surface area contributed by atoms with Crippen molar-refractivity contribution >= 4 is 23.0 Å². The van der Waals surface area contributed by atoms with Crippen LogP contribution in [0.2, 0.25) is 0 Å². The lowest BCUT2D eigenvalue weighted by atomic mass is 9.83. The lowest BCUT2D eigenvalue weighted by Gasteiger charge is -2.38. The highest BCUT2D eigenvalue weighted by atomic mass is 16.2. The Morgan fingerprint density at radius 3 is 2.89 bits per heavy atom. The quantitative estimate of drug-likeness (QED) is 0.848. The highest BCUT2D eigenvalue weighted by molar-refractivity contribution is 5.99. The molecule has 1 saturated carbocycles. The third-order valence-corrected chi connectivity index (χ3v) is 5.93. The zero-order chi connectivity index (χ0) is 19.0. The van der Waals surface area contributed by atoms with Crippen LogP contribution in [0.3, 0.4) is 0 Å². The number of hydrogen-bond acceptors (Lipinski definition) is 4. The Labute approximate surface area is 160 Å². The second-order valence-electron chi connectivity index (χ2n) is 8.18. The Balaban J connectivity index is 1.66. The van der Waals surface area contributed by atoms with Crippen molar-refractivity contribution in [2.75, 3.05) is 20.1 Å². The van der Waals surface area contributed by atoms with E-state index in [0.29, 0.717) is 17.8 Å². The van der Waals surface area contributed by atoms with Gasteiger partial charge in [-0.25, -0.2) is 0 Å². The molecule has 5 nitrogen and oxygen atoms in total. The third-order valence-electron chi connectivity index (χ3n) is 5.93. The van der Waals surface area contributed by atoms with Crippen LogP contribution < -0.4 is 5.73 Å². The first kappa shape index (κ1) is 18.1. The van der Waals surface area contributed by atoms with Crippen LogP contribution in [0.15, 0.2) is 35.5 Å². The number of nitrogens with zero attached hydrogens (tertiary/aromatic N) is 3. The summed E-state index contributed by atoms with van der Waals surface area (Å²) < 4.78 is 0. The molecule has 2 aliphatic rings. The molecule has 2 aromatic rings. The summed E-state index contributed by atoms with van der Waals surface area (Å²) in [4.78, 5) is 23.6. The summed E-state index contributed by atoms with van der Waals surface area (Å²) in [5.74, 6) is 1.29. The molecule has 4 rings (SSSR count). The fraction of sp³-hybridized carbons (Fsp3) is 0.500. The van der Waals surface area contributed by atoms with Crippen molar-refractivity contribution in [3.05, 3.63) is 41.6 Å². The number of carbonyl (C=O) groups excluding carboxylic acids is 1. The summed E-state index contributed by atoms with van der Waals surface area (Å²) in [5, 5.41) is 1.16. The molecule has 0 bridgehead atoms. The minimum atomic E-state index is -0.322. The normalized spacial score (nSPS) is 24.5. The molecule has 2 heterocycles. The fourth-order valence-electron chi connectivity index (χ4n) is 4.44. The van der Waals surface area contributed by atoms with Crippen LogP contribution in [0.5, 0.6) is 0 Å². The van der Waals surface area contributed by atoms with Gasteiger partial charge in [-0.3, -0.25) is 14.8 Å². The summed E-state index contributed by atoms with van der Waals surface area (Å²) in [7, 11) is 1.78. The van der Waals surface area contributed by atoms with Gasteiger partial charge in [0.05, 0.1) is 11.6 Å². The van der Waals surface area contributed by atoms with Gasteiger partial charge < -0.3 is 10.6 Å². The minimum Gasteiger partial charge on any atom is -0.340 e. The predicted octanol–water partition coefficient (Wildman–Crippen LogP) is 2.97. The van der Waals surface area contributed by atoms with Gasteiger partial charge in [-0.1, -0.05) is 25.1 Å².